The van der Waals surface area contributed by atoms with Crippen molar-refractivity contribution in [2.75, 3.05) is 6.61 Å². The molecule has 0 aromatic carbocycles. The average Bonchev–Trinajstić information content (AvgIpc) is 2.09. The maximum absolute atomic E-state index is 8.75. The van der Waals surface area contributed by atoms with Gasteiger partial charge in [-0.1, -0.05) is 52.8 Å². The molecule has 0 aromatic heterocycles. The van der Waals surface area contributed by atoms with Gasteiger partial charge >= 0.3 is 0 Å². The third-order valence-electron chi connectivity index (χ3n) is 2.65. The van der Waals surface area contributed by atoms with Crippen LogP contribution in [0.1, 0.15) is 41.0 Å². The van der Waals surface area contributed by atoms with E-state index >= 15 is 0 Å². The Morgan fingerprint density at radius 1 is 1.36 bits per heavy atom. The van der Waals surface area contributed by atoms with E-state index in [0.717, 1.165) is 6.42 Å². The number of aliphatic hydroxyl groups excluding tert-OH is 1. The summed E-state index contributed by atoms with van der Waals surface area (Å²) in [5, 5.41) is 8.75. The standard InChI is InChI=1S/C13H24O/c1-6-8-12(9-7-10-14)11(2)13(3,4)5/h7-9,11,14H,6,10H2,1-5H3. The Bertz CT molecular complexity index is 206. The maximum Gasteiger partial charge on any atom is 0.0615 e. The van der Waals surface area contributed by atoms with Crippen LogP contribution in [0.2, 0.25) is 0 Å². The number of allylic oxidation sites excluding steroid dienone is 3. The summed E-state index contributed by atoms with van der Waals surface area (Å²) in [5.74, 6) is 0.519. The van der Waals surface area contributed by atoms with Gasteiger partial charge in [-0.05, 0) is 23.3 Å². The molecule has 0 aromatic rings. The summed E-state index contributed by atoms with van der Waals surface area (Å²) in [6.07, 6.45) is 7.14. The molecule has 1 nitrogen and oxygen atoms in total. The fourth-order valence-electron chi connectivity index (χ4n) is 1.31. The SMILES string of the molecule is CCC=C(C=CCO)C(C)C(C)(C)C. The van der Waals surface area contributed by atoms with Crippen molar-refractivity contribution in [2.45, 2.75) is 41.0 Å². The van der Waals surface area contributed by atoms with Gasteiger partial charge in [0.1, 0.15) is 0 Å². The molecule has 1 atom stereocenters. The molecule has 1 N–H and O–H groups in total. The van der Waals surface area contributed by atoms with Gasteiger partial charge < -0.3 is 5.11 Å². The molecule has 82 valence electrons. The van der Waals surface area contributed by atoms with E-state index in [2.05, 4.69) is 40.7 Å². The van der Waals surface area contributed by atoms with Gasteiger partial charge in [0.25, 0.3) is 0 Å². The molecule has 1 heteroatoms. The lowest BCUT2D eigenvalue weighted by molar-refractivity contribution is 0.303. The molecule has 0 aliphatic heterocycles. The van der Waals surface area contributed by atoms with E-state index in [1.54, 1.807) is 0 Å². The number of hydrogen-bond acceptors (Lipinski definition) is 1. The predicted molar refractivity (Wildman–Crippen MR) is 63.2 cm³/mol. The highest BCUT2D eigenvalue weighted by Crippen LogP contribution is 2.32. The zero-order valence-corrected chi connectivity index (χ0v) is 10.2. The molecule has 0 aliphatic carbocycles. The lowest BCUT2D eigenvalue weighted by Crippen LogP contribution is -2.18. The highest BCUT2D eigenvalue weighted by Gasteiger charge is 2.21. The van der Waals surface area contributed by atoms with E-state index in [1.165, 1.54) is 5.57 Å². The van der Waals surface area contributed by atoms with Crippen LogP contribution in [0.3, 0.4) is 0 Å². The second-order valence-electron chi connectivity index (χ2n) is 4.79. The van der Waals surface area contributed by atoms with Gasteiger partial charge in [0, 0.05) is 0 Å². The summed E-state index contributed by atoms with van der Waals surface area (Å²) in [5.41, 5.74) is 1.61. The fraction of sp³-hybridized carbons (Fsp3) is 0.692. The first kappa shape index (κ1) is 13.4. The van der Waals surface area contributed by atoms with Gasteiger partial charge in [-0.15, -0.1) is 0 Å². The van der Waals surface area contributed by atoms with Crippen LogP contribution in [0.4, 0.5) is 0 Å². The molecule has 0 amide bonds. The molecule has 0 spiro atoms. The molecular formula is C13H24O. The third kappa shape index (κ3) is 4.61. The molecule has 0 bridgehead atoms. The summed E-state index contributed by atoms with van der Waals surface area (Å²) >= 11 is 0. The van der Waals surface area contributed by atoms with Gasteiger partial charge in [-0.2, -0.15) is 0 Å². The molecule has 0 saturated carbocycles. The Labute approximate surface area is 88.5 Å². The predicted octanol–water partition coefficient (Wildman–Crippen LogP) is 3.55. The van der Waals surface area contributed by atoms with E-state index in [-0.39, 0.29) is 12.0 Å². The van der Waals surface area contributed by atoms with Crippen LogP contribution < -0.4 is 0 Å². The average molecular weight is 196 g/mol. The zero-order chi connectivity index (χ0) is 11.2. The quantitative estimate of drug-likeness (QED) is 0.682. The van der Waals surface area contributed by atoms with Gasteiger partial charge in [-0.3, -0.25) is 0 Å². The zero-order valence-electron chi connectivity index (χ0n) is 10.2. The first-order valence-corrected chi connectivity index (χ1v) is 5.41. The Morgan fingerprint density at radius 3 is 2.29 bits per heavy atom. The maximum atomic E-state index is 8.75. The molecule has 0 rings (SSSR count). The van der Waals surface area contributed by atoms with Crippen molar-refractivity contribution in [2.24, 2.45) is 11.3 Å². The molecule has 14 heavy (non-hydrogen) atoms. The second-order valence-corrected chi connectivity index (χ2v) is 4.79. The van der Waals surface area contributed by atoms with Crippen molar-refractivity contribution in [3.05, 3.63) is 23.8 Å². The van der Waals surface area contributed by atoms with Gasteiger partial charge in [0.05, 0.1) is 6.61 Å². The molecule has 0 saturated heterocycles. The minimum absolute atomic E-state index is 0.123. The van der Waals surface area contributed by atoms with Crippen molar-refractivity contribution >= 4 is 0 Å². The van der Waals surface area contributed by atoms with Gasteiger partial charge in [0.2, 0.25) is 0 Å². The summed E-state index contributed by atoms with van der Waals surface area (Å²) in [6, 6.07) is 0. The minimum atomic E-state index is 0.123. The van der Waals surface area contributed by atoms with E-state index in [4.69, 9.17) is 5.11 Å². The first-order valence-electron chi connectivity index (χ1n) is 5.41. The molecule has 1 unspecified atom stereocenters. The number of hydrogen-bond donors (Lipinski definition) is 1. The fourth-order valence-corrected chi connectivity index (χ4v) is 1.31. The van der Waals surface area contributed by atoms with E-state index in [1.807, 2.05) is 12.2 Å². The molecule has 0 fully saturated rings. The summed E-state index contributed by atoms with van der Waals surface area (Å²) in [6.45, 7) is 11.2. The van der Waals surface area contributed by atoms with E-state index in [9.17, 15) is 0 Å². The van der Waals surface area contributed by atoms with Crippen molar-refractivity contribution in [1.82, 2.24) is 0 Å². The van der Waals surface area contributed by atoms with Gasteiger partial charge in [-0.25, -0.2) is 0 Å². The first-order chi connectivity index (χ1) is 6.43. The molecule has 0 aliphatic rings. The van der Waals surface area contributed by atoms with E-state index in [0.29, 0.717) is 5.92 Å². The third-order valence-corrected chi connectivity index (χ3v) is 2.65. The normalized spacial score (nSPS) is 16.3. The summed E-state index contributed by atoms with van der Waals surface area (Å²) in [4.78, 5) is 0. The second kappa shape index (κ2) is 6.02. The Kier molecular flexibility index (Phi) is 5.78. The Morgan fingerprint density at radius 2 is 1.93 bits per heavy atom. The topological polar surface area (TPSA) is 20.2 Å². The van der Waals surface area contributed by atoms with Crippen molar-refractivity contribution < 1.29 is 5.11 Å². The van der Waals surface area contributed by atoms with Crippen molar-refractivity contribution in [3.63, 3.8) is 0 Å². The van der Waals surface area contributed by atoms with Crippen LogP contribution in [0.15, 0.2) is 23.8 Å². The molecular weight excluding hydrogens is 172 g/mol. The van der Waals surface area contributed by atoms with Crippen LogP contribution in [0, 0.1) is 11.3 Å². The summed E-state index contributed by atoms with van der Waals surface area (Å²) in [7, 11) is 0. The van der Waals surface area contributed by atoms with Crippen molar-refractivity contribution in [3.8, 4) is 0 Å². The van der Waals surface area contributed by atoms with Crippen LogP contribution in [-0.4, -0.2) is 11.7 Å². The lowest BCUT2D eigenvalue weighted by atomic mass is 9.77. The highest BCUT2D eigenvalue weighted by atomic mass is 16.2. The van der Waals surface area contributed by atoms with Gasteiger partial charge in [0.15, 0.2) is 0 Å². The highest BCUT2D eigenvalue weighted by molar-refractivity contribution is 5.22. The summed E-state index contributed by atoms with van der Waals surface area (Å²) < 4.78 is 0. The number of rotatable bonds is 4. The number of aliphatic hydroxyl groups is 1. The molecule has 0 heterocycles. The Balaban J connectivity index is 4.67. The van der Waals surface area contributed by atoms with Crippen LogP contribution in [-0.2, 0) is 0 Å². The smallest absolute Gasteiger partial charge is 0.0615 e. The monoisotopic (exact) mass is 196 g/mol. The van der Waals surface area contributed by atoms with Crippen molar-refractivity contribution in [1.29, 1.82) is 0 Å². The van der Waals surface area contributed by atoms with E-state index < -0.39 is 0 Å². The molecule has 0 radical (unpaired) electrons. The van der Waals surface area contributed by atoms with Crippen LogP contribution >= 0.6 is 0 Å². The lowest BCUT2D eigenvalue weighted by Gasteiger charge is -2.28. The Hall–Kier alpha value is -0.560. The van der Waals surface area contributed by atoms with Crippen LogP contribution in [0.25, 0.3) is 0 Å². The minimum Gasteiger partial charge on any atom is -0.392 e. The van der Waals surface area contributed by atoms with Crippen LogP contribution in [0.5, 0.6) is 0 Å². The largest absolute Gasteiger partial charge is 0.392 e.